The standard InChI is InChI=1S/C22H21BrClNO5S/c1-3-29-18-11-15(12-19-21(26)25(8-9-28-2)22(27)31-19)10-17(24)20(18)30-13-14-4-6-16(23)7-5-14/h4-7,10-12H,3,8-9,13H2,1-2H3/b19-12+. The molecule has 164 valence electrons. The van der Waals surface area contributed by atoms with Gasteiger partial charge in [-0.3, -0.25) is 14.5 Å². The fourth-order valence-corrected chi connectivity index (χ4v) is 4.24. The summed E-state index contributed by atoms with van der Waals surface area (Å²) in [5.41, 5.74) is 1.62. The highest BCUT2D eigenvalue weighted by Crippen LogP contribution is 2.39. The SMILES string of the molecule is CCOc1cc(/C=C2/SC(=O)N(CCOC)C2=O)cc(Cl)c1OCc1ccc(Br)cc1. The molecule has 1 saturated heterocycles. The zero-order chi connectivity index (χ0) is 22.4. The van der Waals surface area contributed by atoms with E-state index in [1.807, 2.05) is 31.2 Å². The Kier molecular flexibility index (Phi) is 8.43. The molecule has 2 aromatic rings. The topological polar surface area (TPSA) is 65.1 Å². The van der Waals surface area contributed by atoms with Gasteiger partial charge in [0.25, 0.3) is 11.1 Å². The number of hydrogen-bond donors (Lipinski definition) is 0. The highest BCUT2D eigenvalue weighted by molar-refractivity contribution is 9.10. The Hall–Kier alpha value is -2.00. The molecule has 0 unspecified atom stereocenters. The number of imide groups is 1. The van der Waals surface area contributed by atoms with Crippen molar-refractivity contribution in [2.45, 2.75) is 13.5 Å². The molecule has 0 atom stereocenters. The number of ether oxygens (including phenoxy) is 3. The molecule has 3 rings (SSSR count). The lowest BCUT2D eigenvalue weighted by atomic mass is 10.1. The molecule has 0 spiro atoms. The average molecular weight is 527 g/mol. The number of rotatable bonds is 9. The molecule has 0 bridgehead atoms. The maximum absolute atomic E-state index is 12.5. The third kappa shape index (κ3) is 6.04. The van der Waals surface area contributed by atoms with Crippen molar-refractivity contribution in [3.8, 4) is 11.5 Å². The summed E-state index contributed by atoms with van der Waals surface area (Å²) in [6.45, 7) is 3.11. The van der Waals surface area contributed by atoms with Gasteiger partial charge < -0.3 is 14.2 Å². The highest BCUT2D eigenvalue weighted by Gasteiger charge is 2.34. The number of carbonyl (C=O) groups excluding carboxylic acids is 2. The van der Waals surface area contributed by atoms with E-state index in [-0.39, 0.29) is 24.3 Å². The first kappa shape index (κ1) is 23.7. The van der Waals surface area contributed by atoms with Gasteiger partial charge in [-0.2, -0.15) is 0 Å². The fraction of sp³-hybridized carbons (Fsp3) is 0.273. The normalized spacial score (nSPS) is 15.1. The minimum absolute atomic E-state index is 0.215. The van der Waals surface area contributed by atoms with E-state index in [2.05, 4.69) is 15.9 Å². The summed E-state index contributed by atoms with van der Waals surface area (Å²) in [5.74, 6) is 0.547. The average Bonchev–Trinajstić information content (AvgIpc) is 3.00. The maximum Gasteiger partial charge on any atom is 0.293 e. The summed E-state index contributed by atoms with van der Waals surface area (Å²) in [4.78, 5) is 26.2. The predicted molar refractivity (Wildman–Crippen MR) is 126 cm³/mol. The van der Waals surface area contributed by atoms with E-state index in [9.17, 15) is 9.59 Å². The summed E-state index contributed by atoms with van der Waals surface area (Å²) >= 11 is 10.8. The van der Waals surface area contributed by atoms with Crippen LogP contribution < -0.4 is 9.47 Å². The molecule has 2 amide bonds. The molecular formula is C22H21BrClNO5S. The minimum Gasteiger partial charge on any atom is -0.490 e. The van der Waals surface area contributed by atoms with E-state index in [0.717, 1.165) is 21.8 Å². The molecule has 0 saturated carbocycles. The van der Waals surface area contributed by atoms with Gasteiger partial charge >= 0.3 is 0 Å². The quantitative estimate of drug-likeness (QED) is 0.387. The predicted octanol–water partition coefficient (Wildman–Crippen LogP) is 5.76. The number of carbonyl (C=O) groups is 2. The molecule has 1 aliphatic rings. The number of methoxy groups -OCH3 is 1. The number of thioether (sulfide) groups is 1. The van der Waals surface area contributed by atoms with Crippen molar-refractivity contribution in [2.24, 2.45) is 0 Å². The van der Waals surface area contributed by atoms with Crippen LogP contribution in [0.2, 0.25) is 5.02 Å². The zero-order valence-corrected chi connectivity index (χ0v) is 20.2. The zero-order valence-electron chi connectivity index (χ0n) is 17.0. The van der Waals surface area contributed by atoms with Gasteiger partial charge in [-0.05, 0) is 60.2 Å². The highest BCUT2D eigenvalue weighted by atomic mass is 79.9. The smallest absolute Gasteiger partial charge is 0.293 e. The van der Waals surface area contributed by atoms with Crippen molar-refractivity contribution in [1.82, 2.24) is 4.90 Å². The van der Waals surface area contributed by atoms with Crippen LogP contribution in [0, 0.1) is 0 Å². The van der Waals surface area contributed by atoms with E-state index >= 15 is 0 Å². The number of hydrogen-bond acceptors (Lipinski definition) is 6. The third-order valence-corrected chi connectivity index (χ3v) is 6.04. The number of nitrogens with zero attached hydrogens (tertiary/aromatic N) is 1. The molecular weight excluding hydrogens is 506 g/mol. The van der Waals surface area contributed by atoms with Crippen molar-refractivity contribution in [3.05, 3.63) is 61.9 Å². The van der Waals surface area contributed by atoms with E-state index in [0.29, 0.717) is 40.2 Å². The minimum atomic E-state index is -0.350. The van der Waals surface area contributed by atoms with Gasteiger partial charge in [-0.1, -0.05) is 39.7 Å². The van der Waals surface area contributed by atoms with Gasteiger partial charge in [-0.25, -0.2) is 0 Å². The van der Waals surface area contributed by atoms with Crippen molar-refractivity contribution >= 4 is 56.5 Å². The first-order valence-electron chi connectivity index (χ1n) is 9.50. The summed E-state index contributed by atoms with van der Waals surface area (Å²) in [5, 5.41) is 0.0341. The Morgan fingerprint density at radius 2 is 1.90 bits per heavy atom. The van der Waals surface area contributed by atoms with Gasteiger partial charge in [0.2, 0.25) is 0 Å². The maximum atomic E-state index is 12.5. The van der Waals surface area contributed by atoms with Gasteiger partial charge in [0.05, 0.1) is 29.7 Å². The van der Waals surface area contributed by atoms with Crippen LogP contribution in [0.15, 0.2) is 45.8 Å². The number of amides is 2. The molecule has 1 aliphatic heterocycles. The summed E-state index contributed by atoms with van der Waals surface area (Å²) in [6, 6.07) is 11.2. The summed E-state index contributed by atoms with van der Waals surface area (Å²) in [7, 11) is 1.52. The largest absolute Gasteiger partial charge is 0.490 e. The van der Waals surface area contributed by atoms with Gasteiger partial charge in [0.15, 0.2) is 11.5 Å². The Labute approximate surface area is 198 Å². The Balaban J connectivity index is 1.82. The lowest BCUT2D eigenvalue weighted by Crippen LogP contribution is -2.31. The summed E-state index contributed by atoms with van der Waals surface area (Å²) < 4.78 is 17.6. The van der Waals surface area contributed by atoms with Crippen molar-refractivity contribution in [2.75, 3.05) is 26.9 Å². The lowest BCUT2D eigenvalue weighted by molar-refractivity contribution is -0.123. The Bertz CT molecular complexity index is 996. The number of halogens is 2. The van der Waals surface area contributed by atoms with Gasteiger partial charge in [0.1, 0.15) is 6.61 Å². The van der Waals surface area contributed by atoms with Crippen molar-refractivity contribution in [1.29, 1.82) is 0 Å². The first-order chi connectivity index (χ1) is 14.9. The lowest BCUT2D eigenvalue weighted by Gasteiger charge is -2.15. The molecule has 2 aromatic carbocycles. The van der Waals surface area contributed by atoms with E-state index in [4.69, 9.17) is 25.8 Å². The van der Waals surface area contributed by atoms with Gasteiger partial charge in [0, 0.05) is 11.6 Å². The molecule has 1 fully saturated rings. The second kappa shape index (κ2) is 11.0. The van der Waals surface area contributed by atoms with Crippen LogP contribution in [-0.2, 0) is 16.1 Å². The summed E-state index contributed by atoms with van der Waals surface area (Å²) in [6.07, 6.45) is 1.63. The monoisotopic (exact) mass is 525 g/mol. The Morgan fingerprint density at radius 1 is 1.16 bits per heavy atom. The molecule has 1 heterocycles. The second-order valence-corrected chi connectivity index (χ2v) is 8.82. The van der Waals surface area contributed by atoms with E-state index in [1.165, 1.54) is 12.0 Å². The third-order valence-electron chi connectivity index (χ3n) is 4.32. The van der Waals surface area contributed by atoms with Crippen LogP contribution in [0.3, 0.4) is 0 Å². The molecule has 0 aromatic heterocycles. The van der Waals surface area contributed by atoms with Crippen LogP contribution in [0.5, 0.6) is 11.5 Å². The molecule has 6 nitrogen and oxygen atoms in total. The first-order valence-corrected chi connectivity index (χ1v) is 11.5. The van der Waals surface area contributed by atoms with Crippen molar-refractivity contribution < 1.29 is 23.8 Å². The van der Waals surface area contributed by atoms with Crippen molar-refractivity contribution in [3.63, 3.8) is 0 Å². The van der Waals surface area contributed by atoms with Crippen LogP contribution in [0.25, 0.3) is 6.08 Å². The van der Waals surface area contributed by atoms with E-state index < -0.39 is 0 Å². The Morgan fingerprint density at radius 3 is 2.58 bits per heavy atom. The van der Waals surface area contributed by atoms with Gasteiger partial charge in [-0.15, -0.1) is 0 Å². The molecule has 0 N–H and O–H groups in total. The van der Waals surface area contributed by atoms with Crippen LogP contribution in [0.4, 0.5) is 4.79 Å². The fourth-order valence-electron chi connectivity index (χ4n) is 2.84. The van der Waals surface area contributed by atoms with Crippen LogP contribution >= 0.6 is 39.3 Å². The van der Waals surface area contributed by atoms with Crippen LogP contribution in [-0.4, -0.2) is 42.9 Å². The molecule has 0 aliphatic carbocycles. The number of benzene rings is 2. The molecule has 0 radical (unpaired) electrons. The van der Waals surface area contributed by atoms with Crippen LogP contribution in [0.1, 0.15) is 18.1 Å². The second-order valence-electron chi connectivity index (χ2n) is 6.50. The van der Waals surface area contributed by atoms with E-state index in [1.54, 1.807) is 18.2 Å². The molecule has 31 heavy (non-hydrogen) atoms. The molecule has 9 heteroatoms.